The number of rotatable bonds is 8. The molecule has 170 valence electrons. The lowest BCUT2D eigenvalue weighted by molar-refractivity contribution is 0.0361. The van der Waals surface area contributed by atoms with Crippen LogP contribution in [0.1, 0.15) is 28.5 Å². The zero-order valence-electron chi connectivity index (χ0n) is 19.2. The van der Waals surface area contributed by atoms with Crippen LogP contribution in [0.25, 0.3) is 10.9 Å². The standard InChI is InChI=1S/C25H32N4O3/c1-4-28(18-20-9-6-5-8-19(20)2)25(30)23-21-10-7-11-22(31-3)24(21)29(26-23)13-12-27-14-16-32-17-15-27/h5-11H,4,12-18H2,1-3H3. The van der Waals surface area contributed by atoms with Gasteiger partial charge in [0.25, 0.3) is 5.91 Å². The smallest absolute Gasteiger partial charge is 0.275 e. The highest BCUT2D eigenvalue weighted by Crippen LogP contribution is 2.29. The van der Waals surface area contributed by atoms with Crippen molar-refractivity contribution in [2.75, 3.05) is 46.5 Å². The van der Waals surface area contributed by atoms with Crippen molar-refractivity contribution in [1.82, 2.24) is 19.6 Å². The summed E-state index contributed by atoms with van der Waals surface area (Å²) in [7, 11) is 1.66. The minimum Gasteiger partial charge on any atom is -0.494 e. The number of fused-ring (bicyclic) bond motifs is 1. The third-order valence-electron chi connectivity index (χ3n) is 6.18. The van der Waals surface area contributed by atoms with Gasteiger partial charge in [-0.1, -0.05) is 36.4 Å². The van der Waals surface area contributed by atoms with Gasteiger partial charge in [0.2, 0.25) is 0 Å². The van der Waals surface area contributed by atoms with Crippen LogP contribution in [0, 0.1) is 6.92 Å². The lowest BCUT2D eigenvalue weighted by Crippen LogP contribution is -2.38. The van der Waals surface area contributed by atoms with E-state index in [1.165, 1.54) is 5.56 Å². The largest absolute Gasteiger partial charge is 0.494 e. The van der Waals surface area contributed by atoms with Crippen molar-refractivity contribution in [2.24, 2.45) is 0 Å². The molecule has 0 radical (unpaired) electrons. The van der Waals surface area contributed by atoms with Crippen molar-refractivity contribution in [2.45, 2.75) is 26.9 Å². The number of nitrogens with zero attached hydrogens (tertiary/aromatic N) is 4. The second-order valence-corrected chi connectivity index (χ2v) is 8.13. The van der Waals surface area contributed by atoms with E-state index in [-0.39, 0.29) is 5.91 Å². The second kappa shape index (κ2) is 10.1. The van der Waals surface area contributed by atoms with E-state index >= 15 is 0 Å². The Labute approximate surface area is 189 Å². The van der Waals surface area contributed by atoms with Crippen molar-refractivity contribution in [3.05, 3.63) is 59.3 Å². The van der Waals surface area contributed by atoms with Crippen molar-refractivity contribution in [3.8, 4) is 5.75 Å². The highest BCUT2D eigenvalue weighted by Gasteiger charge is 2.24. The molecule has 7 heteroatoms. The zero-order valence-corrected chi connectivity index (χ0v) is 19.2. The van der Waals surface area contributed by atoms with Gasteiger partial charge in [0.1, 0.15) is 11.3 Å². The molecule has 0 spiro atoms. The molecule has 2 aromatic carbocycles. The van der Waals surface area contributed by atoms with Crippen LogP contribution >= 0.6 is 0 Å². The Morgan fingerprint density at radius 1 is 1.12 bits per heavy atom. The predicted molar refractivity (Wildman–Crippen MR) is 125 cm³/mol. The Kier molecular flexibility index (Phi) is 7.07. The molecule has 4 rings (SSSR count). The van der Waals surface area contributed by atoms with Gasteiger partial charge in [-0.15, -0.1) is 0 Å². The number of hydrogen-bond acceptors (Lipinski definition) is 5. The minimum absolute atomic E-state index is 0.0564. The Bertz CT molecular complexity index is 1070. The Balaban J connectivity index is 1.65. The SMILES string of the molecule is CCN(Cc1ccccc1C)C(=O)c1nn(CCN2CCOCC2)c2c(OC)cccc12. The van der Waals surface area contributed by atoms with E-state index < -0.39 is 0 Å². The zero-order chi connectivity index (χ0) is 22.5. The van der Waals surface area contributed by atoms with Gasteiger partial charge >= 0.3 is 0 Å². The van der Waals surface area contributed by atoms with Crippen molar-refractivity contribution < 1.29 is 14.3 Å². The summed E-state index contributed by atoms with van der Waals surface area (Å²) in [6.45, 7) is 10.2. The predicted octanol–water partition coefficient (Wildman–Crippen LogP) is 3.35. The first kappa shape index (κ1) is 22.3. The molecule has 0 unspecified atom stereocenters. The normalized spacial score (nSPS) is 14.6. The van der Waals surface area contributed by atoms with Crippen molar-refractivity contribution >= 4 is 16.8 Å². The molecule has 1 saturated heterocycles. The molecular formula is C25H32N4O3. The molecule has 2 heterocycles. The number of methoxy groups -OCH3 is 1. The average molecular weight is 437 g/mol. The van der Waals surface area contributed by atoms with Crippen LogP contribution in [0.2, 0.25) is 0 Å². The van der Waals surface area contributed by atoms with E-state index in [0.29, 0.717) is 25.3 Å². The third-order valence-corrected chi connectivity index (χ3v) is 6.18. The van der Waals surface area contributed by atoms with Gasteiger partial charge < -0.3 is 14.4 Å². The maximum absolute atomic E-state index is 13.6. The fourth-order valence-electron chi connectivity index (χ4n) is 4.22. The van der Waals surface area contributed by atoms with Crippen LogP contribution in [0.4, 0.5) is 0 Å². The highest BCUT2D eigenvalue weighted by atomic mass is 16.5. The first-order valence-corrected chi connectivity index (χ1v) is 11.3. The molecule has 0 N–H and O–H groups in total. The van der Waals surface area contributed by atoms with Gasteiger partial charge in [0.05, 0.1) is 26.9 Å². The first-order chi connectivity index (χ1) is 15.6. The summed E-state index contributed by atoms with van der Waals surface area (Å²) in [5.41, 5.74) is 3.69. The molecule has 1 amide bonds. The summed E-state index contributed by atoms with van der Waals surface area (Å²) in [6.07, 6.45) is 0. The number of ether oxygens (including phenoxy) is 2. The van der Waals surface area contributed by atoms with Crippen LogP contribution in [-0.4, -0.2) is 72.0 Å². The summed E-state index contributed by atoms with van der Waals surface area (Å²) >= 11 is 0. The molecule has 0 atom stereocenters. The quantitative estimate of drug-likeness (QED) is 0.542. The fraction of sp³-hybridized carbons (Fsp3) is 0.440. The average Bonchev–Trinajstić information content (AvgIpc) is 3.21. The van der Waals surface area contributed by atoms with Gasteiger partial charge in [-0.3, -0.25) is 14.4 Å². The Morgan fingerprint density at radius 2 is 1.91 bits per heavy atom. The molecule has 32 heavy (non-hydrogen) atoms. The number of benzene rings is 2. The van der Waals surface area contributed by atoms with E-state index in [1.807, 2.05) is 46.8 Å². The molecule has 0 saturated carbocycles. The Hall–Kier alpha value is -2.90. The number of para-hydroxylation sites is 1. The summed E-state index contributed by atoms with van der Waals surface area (Å²) in [4.78, 5) is 17.8. The molecule has 1 fully saturated rings. The van der Waals surface area contributed by atoms with E-state index in [9.17, 15) is 4.79 Å². The molecule has 1 aromatic heterocycles. The molecule has 1 aliphatic rings. The van der Waals surface area contributed by atoms with E-state index in [0.717, 1.165) is 55.1 Å². The van der Waals surface area contributed by atoms with Crippen LogP contribution in [0.15, 0.2) is 42.5 Å². The molecule has 3 aromatic rings. The number of carbonyl (C=O) groups is 1. The lowest BCUT2D eigenvalue weighted by Gasteiger charge is -2.26. The minimum atomic E-state index is -0.0564. The van der Waals surface area contributed by atoms with E-state index in [2.05, 4.69) is 24.0 Å². The monoisotopic (exact) mass is 436 g/mol. The number of morpholine rings is 1. The van der Waals surface area contributed by atoms with Crippen LogP contribution in [0.5, 0.6) is 5.75 Å². The summed E-state index contributed by atoms with van der Waals surface area (Å²) in [5.74, 6) is 0.678. The van der Waals surface area contributed by atoms with Crippen molar-refractivity contribution in [3.63, 3.8) is 0 Å². The molecular weight excluding hydrogens is 404 g/mol. The number of aryl methyl sites for hydroxylation is 1. The summed E-state index contributed by atoms with van der Waals surface area (Å²) < 4.78 is 13.0. The van der Waals surface area contributed by atoms with Crippen molar-refractivity contribution in [1.29, 1.82) is 0 Å². The maximum atomic E-state index is 13.6. The van der Waals surface area contributed by atoms with Gasteiger partial charge in [0.15, 0.2) is 5.69 Å². The third kappa shape index (κ3) is 4.64. The van der Waals surface area contributed by atoms with E-state index in [4.69, 9.17) is 14.6 Å². The first-order valence-electron chi connectivity index (χ1n) is 11.3. The number of hydrogen-bond donors (Lipinski definition) is 0. The van der Waals surface area contributed by atoms with Gasteiger partial charge in [-0.25, -0.2) is 0 Å². The maximum Gasteiger partial charge on any atom is 0.275 e. The number of amides is 1. The van der Waals surface area contributed by atoms with E-state index in [1.54, 1.807) is 7.11 Å². The molecule has 0 bridgehead atoms. The summed E-state index contributed by atoms with van der Waals surface area (Å²) in [6, 6.07) is 14.0. The summed E-state index contributed by atoms with van der Waals surface area (Å²) in [5, 5.41) is 5.64. The number of carbonyl (C=O) groups excluding carboxylic acids is 1. The Morgan fingerprint density at radius 3 is 2.62 bits per heavy atom. The second-order valence-electron chi connectivity index (χ2n) is 8.13. The van der Waals surface area contributed by atoms with Gasteiger partial charge in [-0.05, 0) is 31.0 Å². The molecule has 1 aliphatic heterocycles. The van der Waals surface area contributed by atoms with Gasteiger partial charge in [0, 0.05) is 38.1 Å². The molecule has 0 aliphatic carbocycles. The fourth-order valence-corrected chi connectivity index (χ4v) is 4.22. The van der Waals surface area contributed by atoms with Gasteiger partial charge in [-0.2, -0.15) is 5.10 Å². The lowest BCUT2D eigenvalue weighted by atomic mass is 10.1. The van der Waals surface area contributed by atoms with Crippen LogP contribution < -0.4 is 4.74 Å². The molecule has 7 nitrogen and oxygen atoms in total. The van der Waals surface area contributed by atoms with Crippen LogP contribution in [-0.2, 0) is 17.8 Å². The van der Waals surface area contributed by atoms with Crippen LogP contribution in [0.3, 0.4) is 0 Å². The topological polar surface area (TPSA) is 59.8 Å². The highest BCUT2D eigenvalue weighted by molar-refractivity contribution is 6.06. The number of aromatic nitrogens is 2.